The molecule has 0 aromatic heterocycles. The van der Waals surface area contributed by atoms with Gasteiger partial charge in [-0.1, -0.05) is 13.8 Å². The molecule has 1 unspecified atom stereocenters. The molecule has 1 saturated heterocycles. The zero-order chi connectivity index (χ0) is 15.3. The normalized spacial score (nSPS) is 18.4. The molecule has 2 N–H and O–H groups in total. The molecule has 1 fully saturated rings. The number of unbranched alkanes of at least 4 members (excludes halogenated alkanes) is 1. The Morgan fingerprint density at radius 3 is 2.55 bits per heavy atom. The highest BCUT2D eigenvalue weighted by molar-refractivity contribution is 14.0. The van der Waals surface area contributed by atoms with Crippen LogP contribution in [0.15, 0.2) is 4.99 Å². The minimum absolute atomic E-state index is 0. The van der Waals surface area contributed by atoms with Gasteiger partial charge in [-0.05, 0) is 52.2 Å². The third-order valence-electron chi connectivity index (χ3n) is 3.91. The van der Waals surface area contributed by atoms with Crippen molar-refractivity contribution in [2.24, 2.45) is 4.99 Å². The number of rotatable bonds is 10. The zero-order valence-corrected chi connectivity index (χ0v) is 16.9. The second kappa shape index (κ2) is 14.5. The fourth-order valence-corrected chi connectivity index (χ4v) is 2.53. The van der Waals surface area contributed by atoms with E-state index in [1.54, 1.807) is 0 Å². The van der Waals surface area contributed by atoms with E-state index in [9.17, 15) is 0 Å². The molecule has 132 valence electrons. The lowest BCUT2D eigenvalue weighted by atomic mass is 10.2. The SMILES string of the molecule is CCNC(=NCC1CCCO1)NCCCCN(CC)CC.I. The number of hydrogen-bond acceptors (Lipinski definition) is 3. The van der Waals surface area contributed by atoms with Crippen LogP contribution in [0.2, 0.25) is 0 Å². The van der Waals surface area contributed by atoms with Gasteiger partial charge in [-0.2, -0.15) is 0 Å². The Kier molecular flexibility index (Phi) is 14.5. The summed E-state index contributed by atoms with van der Waals surface area (Å²) in [5, 5.41) is 6.72. The summed E-state index contributed by atoms with van der Waals surface area (Å²) < 4.78 is 5.61. The number of guanidine groups is 1. The highest BCUT2D eigenvalue weighted by Gasteiger charge is 2.14. The standard InChI is InChI=1S/C16H34N4O.HI/c1-4-17-16(19-14-15-10-9-13-21-15)18-11-7-8-12-20(5-2)6-3;/h15H,4-14H2,1-3H3,(H2,17,18,19);1H. The van der Waals surface area contributed by atoms with Crippen molar-refractivity contribution in [2.45, 2.75) is 52.6 Å². The van der Waals surface area contributed by atoms with Crippen molar-refractivity contribution in [3.63, 3.8) is 0 Å². The Balaban J connectivity index is 0.00000441. The summed E-state index contributed by atoms with van der Waals surface area (Å²) in [6, 6.07) is 0. The molecular formula is C16H35IN4O. The van der Waals surface area contributed by atoms with Crippen molar-refractivity contribution in [3.8, 4) is 0 Å². The molecule has 0 aliphatic carbocycles. The molecule has 22 heavy (non-hydrogen) atoms. The van der Waals surface area contributed by atoms with Gasteiger partial charge in [0.1, 0.15) is 0 Å². The number of ether oxygens (including phenoxy) is 1. The molecule has 0 amide bonds. The van der Waals surface area contributed by atoms with Gasteiger partial charge in [-0.15, -0.1) is 24.0 Å². The molecule has 6 heteroatoms. The fourth-order valence-electron chi connectivity index (χ4n) is 2.53. The minimum Gasteiger partial charge on any atom is -0.376 e. The van der Waals surface area contributed by atoms with E-state index in [1.165, 1.54) is 25.8 Å². The molecule has 0 spiro atoms. The molecule has 0 aromatic rings. The number of halogens is 1. The second-order valence-electron chi connectivity index (χ2n) is 5.52. The summed E-state index contributed by atoms with van der Waals surface area (Å²) in [6.45, 7) is 13.6. The molecule has 1 rings (SSSR count). The van der Waals surface area contributed by atoms with Crippen LogP contribution in [-0.4, -0.2) is 62.8 Å². The molecule has 1 aliphatic rings. The fraction of sp³-hybridized carbons (Fsp3) is 0.938. The average molecular weight is 426 g/mol. The monoisotopic (exact) mass is 426 g/mol. The summed E-state index contributed by atoms with van der Waals surface area (Å²) in [5.41, 5.74) is 0. The van der Waals surface area contributed by atoms with Crippen molar-refractivity contribution in [2.75, 3.05) is 45.9 Å². The van der Waals surface area contributed by atoms with Gasteiger partial charge < -0.3 is 20.3 Å². The smallest absolute Gasteiger partial charge is 0.191 e. The Labute approximate surface area is 153 Å². The molecule has 5 nitrogen and oxygen atoms in total. The lowest BCUT2D eigenvalue weighted by molar-refractivity contribution is 0.117. The van der Waals surface area contributed by atoms with Gasteiger partial charge in [-0.3, -0.25) is 4.99 Å². The summed E-state index contributed by atoms with van der Waals surface area (Å²) in [7, 11) is 0. The maximum absolute atomic E-state index is 5.61. The summed E-state index contributed by atoms with van der Waals surface area (Å²) in [6.07, 6.45) is 5.06. The third kappa shape index (κ3) is 9.84. The third-order valence-corrected chi connectivity index (χ3v) is 3.91. The van der Waals surface area contributed by atoms with Gasteiger partial charge in [0.2, 0.25) is 0 Å². The topological polar surface area (TPSA) is 48.9 Å². The Bertz CT molecular complexity index is 279. The highest BCUT2D eigenvalue weighted by atomic mass is 127. The van der Waals surface area contributed by atoms with Crippen LogP contribution in [-0.2, 0) is 4.74 Å². The number of aliphatic imine (C=N–C) groups is 1. The summed E-state index contributed by atoms with van der Waals surface area (Å²) in [4.78, 5) is 7.09. The Morgan fingerprint density at radius 1 is 1.18 bits per heavy atom. The molecule has 0 bridgehead atoms. The van der Waals surface area contributed by atoms with E-state index in [2.05, 4.69) is 41.3 Å². The first-order chi connectivity index (χ1) is 10.3. The molecule has 0 saturated carbocycles. The molecule has 0 radical (unpaired) electrons. The van der Waals surface area contributed by atoms with Crippen molar-refractivity contribution in [3.05, 3.63) is 0 Å². The first-order valence-corrected chi connectivity index (χ1v) is 8.66. The van der Waals surface area contributed by atoms with Crippen LogP contribution in [0.5, 0.6) is 0 Å². The van der Waals surface area contributed by atoms with E-state index in [4.69, 9.17) is 4.74 Å². The van der Waals surface area contributed by atoms with Gasteiger partial charge >= 0.3 is 0 Å². The molecule has 1 atom stereocenters. The summed E-state index contributed by atoms with van der Waals surface area (Å²) in [5.74, 6) is 0.927. The van der Waals surface area contributed by atoms with Gasteiger partial charge in [0.25, 0.3) is 0 Å². The van der Waals surface area contributed by atoms with Crippen LogP contribution in [0.3, 0.4) is 0 Å². The van der Waals surface area contributed by atoms with E-state index < -0.39 is 0 Å². The zero-order valence-electron chi connectivity index (χ0n) is 14.6. The van der Waals surface area contributed by atoms with Crippen LogP contribution in [0.4, 0.5) is 0 Å². The van der Waals surface area contributed by atoms with Gasteiger partial charge in [0, 0.05) is 19.7 Å². The first kappa shape index (κ1) is 21.9. The van der Waals surface area contributed by atoms with Crippen LogP contribution in [0.25, 0.3) is 0 Å². The Hall–Kier alpha value is -0.0800. The van der Waals surface area contributed by atoms with Crippen LogP contribution < -0.4 is 10.6 Å². The van der Waals surface area contributed by atoms with E-state index in [0.717, 1.165) is 51.7 Å². The predicted octanol–water partition coefficient (Wildman–Crippen LogP) is 2.46. The van der Waals surface area contributed by atoms with Crippen molar-refractivity contribution in [1.29, 1.82) is 0 Å². The van der Waals surface area contributed by atoms with Crippen molar-refractivity contribution in [1.82, 2.24) is 15.5 Å². The Morgan fingerprint density at radius 2 is 1.95 bits per heavy atom. The molecular weight excluding hydrogens is 391 g/mol. The largest absolute Gasteiger partial charge is 0.376 e. The lowest BCUT2D eigenvalue weighted by Gasteiger charge is -2.18. The molecule has 1 aliphatic heterocycles. The van der Waals surface area contributed by atoms with Gasteiger partial charge in [0.15, 0.2) is 5.96 Å². The molecule has 0 aromatic carbocycles. The second-order valence-corrected chi connectivity index (χ2v) is 5.52. The van der Waals surface area contributed by atoms with E-state index >= 15 is 0 Å². The molecule has 1 heterocycles. The predicted molar refractivity (Wildman–Crippen MR) is 105 cm³/mol. The van der Waals surface area contributed by atoms with E-state index in [0.29, 0.717) is 6.10 Å². The number of nitrogens with one attached hydrogen (secondary N) is 2. The maximum atomic E-state index is 5.61. The van der Waals surface area contributed by atoms with E-state index in [-0.39, 0.29) is 24.0 Å². The number of hydrogen-bond donors (Lipinski definition) is 2. The van der Waals surface area contributed by atoms with Crippen LogP contribution in [0, 0.1) is 0 Å². The van der Waals surface area contributed by atoms with E-state index in [1.807, 2.05) is 0 Å². The lowest BCUT2D eigenvalue weighted by Crippen LogP contribution is -2.38. The highest BCUT2D eigenvalue weighted by Crippen LogP contribution is 2.11. The van der Waals surface area contributed by atoms with Gasteiger partial charge in [0.05, 0.1) is 12.6 Å². The van der Waals surface area contributed by atoms with Crippen LogP contribution in [0.1, 0.15) is 46.5 Å². The average Bonchev–Trinajstić information content (AvgIpc) is 3.01. The number of nitrogens with zero attached hydrogens (tertiary/aromatic N) is 2. The minimum atomic E-state index is 0. The van der Waals surface area contributed by atoms with Crippen LogP contribution >= 0.6 is 24.0 Å². The quantitative estimate of drug-likeness (QED) is 0.244. The van der Waals surface area contributed by atoms with Crippen molar-refractivity contribution >= 4 is 29.9 Å². The summed E-state index contributed by atoms with van der Waals surface area (Å²) >= 11 is 0. The van der Waals surface area contributed by atoms with Crippen molar-refractivity contribution < 1.29 is 4.74 Å². The maximum Gasteiger partial charge on any atom is 0.191 e. The van der Waals surface area contributed by atoms with Gasteiger partial charge in [-0.25, -0.2) is 0 Å². The first-order valence-electron chi connectivity index (χ1n) is 8.66.